The minimum absolute atomic E-state index is 0.0766. The number of esters is 1. The van der Waals surface area contributed by atoms with Crippen LogP contribution in [0.4, 0.5) is 13.2 Å². The molecule has 210 valence electrons. The first-order chi connectivity index (χ1) is 18.9. The van der Waals surface area contributed by atoms with E-state index in [2.05, 4.69) is 9.28 Å². The second-order valence-electron chi connectivity index (χ2n) is 8.64. The quantitative estimate of drug-likeness (QED) is 0.158. The van der Waals surface area contributed by atoms with E-state index in [1.54, 1.807) is 72.4 Å². The molecule has 0 bridgehead atoms. The normalized spacial score (nSPS) is 12.7. The molecular formula is C26H22F3N3O7S. The highest BCUT2D eigenvalue weighted by Crippen LogP contribution is 2.29. The van der Waals surface area contributed by atoms with Gasteiger partial charge in [0, 0.05) is 31.1 Å². The summed E-state index contributed by atoms with van der Waals surface area (Å²) in [5.41, 5.74) is -5.79. The SMILES string of the molecule is CCC(C(=O)Cc1ccn2nccc2c1)n1cc(C(=O)OCc2ccccc2)c(OS(=O)(=O)C(F)(F)F)cc1=O. The van der Waals surface area contributed by atoms with E-state index in [4.69, 9.17) is 4.74 Å². The molecule has 0 spiro atoms. The Bertz CT molecular complexity index is 1710. The fourth-order valence-electron chi connectivity index (χ4n) is 3.94. The second kappa shape index (κ2) is 11.3. The largest absolute Gasteiger partial charge is 0.534 e. The average molecular weight is 578 g/mol. The maximum atomic E-state index is 13.2. The maximum Gasteiger partial charge on any atom is 0.534 e. The summed E-state index contributed by atoms with van der Waals surface area (Å²) < 4.78 is 74.1. The molecule has 1 atom stereocenters. The number of Topliss-reactive ketones (excluding diaryl/α,β-unsaturated/α-hetero) is 1. The Hall–Kier alpha value is -4.46. The Kier molecular flexibility index (Phi) is 8.09. The smallest absolute Gasteiger partial charge is 0.457 e. The van der Waals surface area contributed by atoms with Gasteiger partial charge in [-0.25, -0.2) is 9.31 Å². The minimum atomic E-state index is -6.23. The van der Waals surface area contributed by atoms with Gasteiger partial charge in [-0.2, -0.15) is 26.7 Å². The van der Waals surface area contributed by atoms with E-state index in [0.717, 1.165) is 16.3 Å². The Morgan fingerprint density at radius 2 is 1.77 bits per heavy atom. The summed E-state index contributed by atoms with van der Waals surface area (Å²) in [6, 6.07) is 12.7. The molecule has 3 aromatic heterocycles. The molecule has 0 saturated carbocycles. The van der Waals surface area contributed by atoms with Crippen molar-refractivity contribution in [2.45, 2.75) is 37.9 Å². The van der Waals surface area contributed by atoms with Crippen molar-refractivity contribution in [3.63, 3.8) is 0 Å². The molecule has 40 heavy (non-hydrogen) atoms. The van der Waals surface area contributed by atoms with Crippen LogP contribution in [0.2, 0.25) is 0 Å². The van der Waals surface area contributed by atoms with Crippen molar-refractivity contribution in [2.75, 3.05) is 0 Å². The average Bonchev–Trinajstić information content (AvgIpc) is 3.36. The standard InChI is InChI=1S/C26H22F3N3O7S/c1-2-21(22(33)13-18-9-11-32-19(12-18)8-10-30-32)31-15-20(25(35)38-16-17-6-4-3-5-7-17)23(14-24(31)34)39-40(36,37)26(27,28)29/h3-12,14-15,21H,2,13,16H2,1H3. The van der Waals surface area contributed by atoms with Gasteiger partial charge >= 0.3 is 21.6 Å². The number of alkyl halides is 3. The summed E-state index contributed by atoms with van der Waals surface area (Å²) in [6.07, 6.45) is 3.98. The molecule has 10 nitrogen and oxygen atoms in total. The predicted molar refractivity (Wildman–Crippen MR) is 135 cm³/mol. The number of carbonyl (C=O) groups is 2. The van der Waals surface area contributed by atoms with E-state index >= 15 is 0 Å². The van der Waals surface area contributed by atoms with Gasteiger partial charge in [0.05, 0.1) is 11.6 Å². The number of ether oxygens (including phenoxy) is 1. The Morgan fingerprint density at radius 3 is 2.45 bits per heavy atom. The monoisotopic (exact) mass is 577 g/mol. The summed E-state index contributed by atoms with van der Waals surface area (Å²) in [5, 5.41) is 4.08. The third kappa shape index (κ3) is 6.22. The molecular weight excluding hydrogens is 555 g/mol. The molecule has 1 unspecified atom stereocenters. The lowest BCUT2D eigenvalue weighted by Crippen LogP contribution is -2.33. The molecule has 0 fully saturated rings. The van der Waals surface area contributed by atoms with Crippen molar-refractivity contribution in [1.29, 1.82) is 0 Å². The maximum absolute atomic E-state index is 13.2. The van der Waals surface area contributed by atoms with E-state index in [-0.39, 0.29) is 19.4 Å². The highest BCUT2D eigenvalue weighted by molar-refractivity contribution is 7.88. The van der Waals surface area contributed by atoms with Gasteiger partial charge in [0.2, 0.25) is 0 Å². The number of aromatic nitrogens is 3. The van der Waals surface area contributed by atoms with Crippen LogP contribution in [-0.4, -0.2) is 39.9 Å². The van der Waals surface area contributed by atoms with E-state index in [1.165, 1.54) is 0 Å². The lowest BCUT2D eigenvalue weighted by Gasteiger charge is -2.20. The fourth-order valence-corrected chi connectivity index (χ4v) is 4.41. The molecule has 4 aromatic rings. The van der Waals surface area contributed by atoms with Crippen molar-refractivity contribution in [1.82, 2.24) is 14.2 Å². The first kappa shape index (κ1) is 28.5. The van der Waals surface area contributed by atoms with Gasteiger partial charge in [-0.3, -0.25) is 9.59 Å². The van der Waals surface area contributed by atoms with Crippen molar-refractivity contribution >= 4 is 27.4 Å². The third-order valence-corrected chi connectivity index (χ3v) is 6.86. The molecule has 3 heterocycles. The number of pyridine rings is 2. The van der Waals surface area contributed by atoms with Crippen LogP contribution in [0.1, 0.15) is 40.9 Å². The number of halogens is 3. The topological polar surface area (TPSA) is 126 Å². The van der Waals surface area contributed by atoms with Crippen molar-refractivity contribution < 1.29 is 40.1 Å². The van der Waals surface area contributed by atoms with Crippen molar-refractivity contribution in [3.05, 3.63) is 100 Å². The van der Waals surface area contributed by atoms with Gasteiger partial charge in [-0.05, 0) is 35.7 Å². The Balaban J connectivity index is 1.69. The molecule has 0 amide bonds. The summed E-state index contributed by atoms with van der Waals surface area (Å²) in [4.78, 5) is 39.1. The van der Waals surface area contributed by atoms with Crippen LogP contribution >= 0.6 is 0 Å². The molecule has 4 rings (SSSR count). The molecule has 0 N–H and O–H groups in total. The van der Waals surface area contributed by atoms with Crippen LogP contribution in [-0.2, 0) is 32.7 Å². The van der Waals surface area contributed by atoms with E-state index in [9.17, 15) is 36.0 Å². The molecule has 0 radical (unpaired) electrons. The molecule has 1 aromatic carbocycles. The van der Waals surface area contributed by atoms with Gasteiger partial charge < -0.3 is 13.5 Å². The molecule has 0 saturated heterocycles. The Morgan fingerprint density at radius 1 is 1.05 bits per heavy atom. The number of hydrogen-bond acceptors (Lipinski definition) is 8. The minimum Gasteiger partial charge on any atom is -0.457 e. The van der Waals surface area contributed by atoms with Crippen molar-refractivity contribution in [3.8, 4) is 5.75 Å². The van der Waals surface area contributed by atoms with Gasteiger partial charge in [0.15, 0.2) is 11.5 Å². The predicted octanol–water partition coefficient (Wildman–Crippen LogP) is 3.84. The van der Waals surface area contributed by atoms with Gasteiger partial charge in [0.25, 0.3) is 5.56 Å². The van der Waals surface area contributed by atoms with Gasteiger partial charge in [-0.1, -0.05) is 37.3 Å². The highest BCUT2D eigenvalue weighted by atomic mass is 32.2. The lowest BCUT2D eigenvalue weighted by molar-refractivity contribution is -0.121. The first-order valence-corrected chi connectivity index (χ1v) is 13.2. The van der Waals surface area contributed by atoms with Gasteiger partial charge in [-0.15, -0.1) is 0 Å². The number of carbonyl (C=O) groups excluding carboxylic acids is 2. The first-order valence-electron chi connectivity index (χ1n) is 11.8. The zero-order valence-electron chi connectivity index (χ0n) is 20.9. The zero-order chi connectivity index (χ0) is 29.1. The van der Waals surface area contributed by atoms with Gasteiger partial charge in [0.1, 0.15) is 12.2 Å². The summed E-state index contributed by atoms with van der Waals surface area (Å²) in [6.45, 7) is 1.29. The third-order valence-electron chi connectivity index (χ3n) is 5.89. The number of rotatable bonds is 10. The highest BCUT2D eigenvalue weighted by Gasteiger charge is 2.49. The van der Waals surface area contributed by atoms with E-state index in [0.29, 0.717) is 17.2 Å². The number of hydrogen-bond donors (Lipinski definition) is 0. The van der Waals surface area contributed by atoms with E-state index in [1.807, 2.05) is 0 Å². The van der Waals surface area contributed by atoms with Crippen LogP contribution in [0.5, 0.6) is 5.75 Å². The second-order valence-corrected chi connectivity index (χ2v) is 10.2. The van der Waals surface area contributed by atoms with Crippen LogP contribution in [0.3, 0.4) is 0 Å². The summed E-state index contributed by atoms with van der Waals surface area (Å²) in [7, 11) is -6.23. The number of nitrogens with zero attached hydrogens (tertiary/aromatic N) is 3. The van der Waals surface area contributed by atoms with Crippen molar-refractivity contribution in [2.24, 2.45) is 0 Å². The number of ketones is 1. The molecule has 0 aliphatic carbocycles. The number of fused-ring (bicyclic) bond motifs is 1. The Labute approximate surface area is 225 Å². The van der Waals surface area contributed by atoms with Crippen LogP contribution < -0.4 is 9.74 Å². The fraction of sp³-hybridized carbons (Fsp3) is 0.231. The van der Waals surface area contributed by atoms with Crippen LogP contribution in [0.25, 0.3) is 5.52 Å². The zero-order valence-corrected chi connectivity index (χ0v) is 21.7. The number of benzene rings is 1. The summed E-state index contributed by atoms with van der Waals surface area (Å²) in [5.74, 6) is -2.88. The van der Waals surface area contributed by atoms with Crippen LogP contribution in [0.15, 0.2) is 78.0 Å². The summed E-state index contributed by atoms with van der Waals surface area (Å²) >= 11 is 0. The van der Waals surface area contributed by atoms with Crippen LogP contribution in [0, 0.1) is 0 Å². The lowest BCUT2D eigenvalue weighted by atomic mass is 10.0. The molecule has 0 aliphatic rings. The van der Waals surface area contributed by atoms with E-state index < -0.39 is 50.3 Å². The molecule has 0 aliphatic heterocycles. The molecule has 14 heteroatoms.